The summed E-state index contributed by atoms with van der Waals surface area (Å²) < 4.78 is 24.8. The Morgan fingerprint density at radius 2 is 1.85 bits per heavy atom. The number of sulfonamides is 1. The van der Waals surface area contributed by atoms with Crippen LogP contribution in [0.3, 0.4) is 0 Å². The molecule has 0 bridgehead atoms. The number of nitrogens with one attached hydrogen (secondary N) is 2. The Morgan fingerprint density at radius 3 is 2.56 bits per heavy atom. The molecule has 0 saturated carbocycles. The summed E-state index contributed by atoms with van der Waals surface area (Å²) in [5.74, 6) is 0.858. The number of hydrogen-bond donors (Lipinski definition) is 2. The highest BCUT2D eigenvalue weighted by Crippen LogP contribution is 2.27. The third kappa shape index (κ3) is 5.35. The Balaban J connectivity index is 1.51. The lowest BCUT2D eigenvalue weighted by atomic mass is 10.0. The summed E-state index contributed by atoms with van der Waals surface area (Å²) in [6, 6.07) is 13.2. The fourth-order valence-corrected chi connectivity index (χ4v) is 4.66. The quantitative estimate of drug-likeness (QED) is 0.520. The SMILES string of the molecule is C=CC(C)c1cccc(Nc2ncnc3ccc(NC(=O)N4CCN(S(C)(=O)=O)CC4)cc23)c1. The summed E-state index contributed by atoms with van der Waals surface area (Å²) >= 11 is 0. The number of carbonyl (C=O) groups excluding carboxylic acids is 1. The highest BCUT2D eigenvalue weighted by Gasteiger charge is 2.26. The zero-order valence-electron chi connectivity index (χ0n) is 19.2. The number of aromatic nitrogens is 2. The van der Waals surface area contributed by atoms with Gasteiger partial charge in [-0.15, -0.1) is 6.58 Å². The average Bonchev–Trinajstić information content (AvgIpc) is 2.83. The molecule has 9 nitrogen and oxygen atoms in total. The van der Waals surface area contributed by atoms with Crippen molar-refractivity contribution in [2.45, 2.75) is 12.8 Å². The van der Waals surface area contributed by atoms with Crippen molar-refractivity contribution in [1.29, 1.82) is 0 Å². The highest BCUT2D eigenvalue weighted by atomic mass is 32.2. The van der Waals surface area contributed by atoms with Crippen LogP contribution in [-0.2, 0) is 10.0 Å². The number of hydrogen-bond acceptors (Lipinski definition) is 6. The molecule has 1 fully saturated rings. The molecule has 3 aromatic rings. The van der Waals surface area contributed by atoms with E-state index in [-0.39, 0.29) is 25.0 Å². The van der Waals surface area contributed by atoms with Crippen molar-refractivity contribution in [3.8, 4) is 0 Å². The summed E-state index contributed by atoms with van der Waals surface area (Å²) in [7, 11) is -3.25. The molecule has 1 aliphatic rings. The molecule has 2 amide bonds. The highest BCUT2D eigenvalue weighted by molar-refractivity contribution is 7.88. The Labute approximate surface area is 199 Å². The predicted molar refractivity (Wildman–Crippen MR) is 135 cm³/mol. The minimum absolute atomic E-state index is 0.227. The maximum Gasteiger partial charge on any atom is 0.321 e. The van der Waals surface area contributed by atoms with Gasteiger partial charge in [0.05, 0.1) is 11.8 Å². The first kappa shape index (κ1) is 23.7. The molecule has 178 valence electrons. The van der Waals surface area contributed by atoms with Gasteiger partial charge in [0, 0.05) is 42.9 Å². The zero-order valence-corrected chi connectivity index (χ0v) is 20.0. The van der Waals surface area contributed by atoms with E-state index in [2.05, 4.69) is 46.2 Å². The first-order valence-corrected chi connectivity index (χ1v) is 12.8. The van der Waals surface area contributed by atoms with Crippen LogP contribution in [0.2, 0.25) is 0 Å². The van der Waals surface area contributed by atoms with E-state index >= 15 is 0 Å². The van der Waals surface area contributed by atoms with E-state index in [1.54, 1.807) is 11.0 Å². The predicted octanol–water partition coefficient (Wildman–Crippen LogP) is 3.77. The van der Waals surface area contributed by atoms with E-state index in [0.29, 0.717) is 24.6 Å². The summed E-state index contributed by atoms with van der Waals surface area (Å²) in [4.78, 5) is 23.1. The second kappa shape index (κ2) is 9.78. The van der Waals surface area contributed by atoms with E-state index in [4.69, 9.17) is 0 Å². The third-order valence-electron chi connectivity index (χ3n) is 5.91. The summed E-state index contributed by atoms with van der Waals surface area (Å²) in [6.45, 7) is 7.20. The van der Waals surface area contributed by atoms with E-state index in [1.165, 1.54) is 16.9 Å². The average molecular weight is 481 g/mol. The number of fused-ring (bicyclic) bond motifs is 1. The number of anilines is 3. The van der Waals surface area contributed by atoms with Crippen LogP contribution in [0, 0.1) is 0 Å². The topological polar surface area (TPSA) is 108 Å². The number of nitrogens with zero attached hydrogens (tertiary/aromatic N) is 4. The summed E-state index contributed by atoms with van der Waals surface area (Å²) in [6.07, 6.45) is 4.58. The van der Waals surface area contributed by atoms with Gasteiger partial charge in [-0.05, 0) is 41.8 Å². The van der Waals surface area contributed by atoms with E-state index < -0.39 is 10.0 Å². The molecule has 1 aromatic heterocycles. The van der Waals surface area contributed by atoms with Gasteiger partial charge in [-0.3, -0.25) is 0 Å². The van der Waals surface area contributed by atoms with Gasteiger partial charge in [0.2, 0.25) is 10.0 Å². The molecule has 2 aromatic carbocycles. The van der Waals surface area contributed by atoms with Crippen LogP contribution >= 0.6 is 0 Å². The first-order valence-electron chi connectivity index (χ1n) is 11.0. The number of carbonyl (C=O) groups is 1. The molecule has 2 heterocycles. The van der Waals surface area contributed by atoms with E-state index in [0.717, 1.165) is 22.2 Å². The molecule has 4 rings (SSSR count). The molecule has 0 radical (unpaired) electrons. The molecule has 34 heavy (non-hydrogen) atoms. The number of amides is 2. The van der Waals surface area contributed by atoms with Gasteiger partial charge in [-0.2, -0.15) is 4.31 Å². The van der Waals surface area contributed by atoms with Crippen molar-refractivity contribution in [1.82, 2.24) is 19.2 Å². The van der Waals surface area contributed by atoms with Crippen LogP contribution < -0.4 is 10.6 Å². The minimum Gasteiger partial charge on any atom is -0.340 e. The van der Waals surface area contributed by atoms with Crippen molar-refractivity contribution >= 4 is 44.1 Å². The van der Waals surface area contributed by atoms with Crippen LogP contribution in [0.15, 0.2) is 61.4 Å². The van der Waals surface area contributed by atoms with E-state index in [1.807, 2.05) is 30.3 Å². The maximum absolute atomic E-state index is 12.8. The standard InChI is InChI=1S/C24H28N6O3S/c1-4-17(2)18-6-5-7-19(14-18)27-23-21-15-20(8-9-22(21)25-16-26-23)28-24(31)29-10-12-30(13-11-29)34(3,32)33/h4-9,14-17H,1,10-13H2,2-3H3,(H,28,31)(H,25,26,27). The van der Waals surface area contributed by atoms with Crippen LogP contribution in [0.25, 0.3) is 10.9 Å². The van der Waals surface area contributed by atoms with Gasteiger partial charge in [-0.1, -0.05) is 25.1 Å². The Hall–Kier alpha value is -3.50. The lowest BCUT2D eigenvalue weighted by molar-refractivity contribution is 0.184. The molecule has 0 spiro atoms. The van der Waals surface area contributed by atoms with Crippen molar-refractivity contribution in [2.75, 3.05) is 43.1 Å². The van der Waals surface area contributed by atoms with Crippen molar-refractivity contribution in [3.63, 3.8) is 0 Å². The van der Waals surface area contributed by atoms with Gasteiger partial charge < -0.3 is 15.5 Å². The molecular formula is C24H28N6O3S. The third-order valence-corrected chi connectivity index (χ3v) is 7.21. The van der Waals surface area contributed by atoms with Crippen LogP contribution in [0.4, 0.5) is 22.0 Å². The van der Waals surface area contributed by atoms with Crippen molar-refractivity contribution < 1.29 is 13.2 Å². The van der Waals surface area contributed by atoms with Gasteiger partial charge in [-0.25, -0.2) is 23.2 Å². The fraction of sp³-hybridized carbons (Fsp3) is 0.292. The second-order valence-electron chi connectivity index (χ2n) is 8.31. The maximum atomic E-state index is 12.8. The number of allylic oxidation sites excluding steroid dienone is 1. The van der Waals surface area contributed by atoms with Crippen molar-refractivity contribution in [2.24, 2.45) is 0 Å². The molecule has 0 aliphatic carbocycles. The molecule has 1 unspecified atom stereocenters. The molecule has 1 saturated heterocycles. The van der Waals surface area contributed by atoms with Gasteiger partial charge in [0.25, 0.3) is 0 Å². The van der Waals surface area contributed by atoms with E-state index in [9.17, 15) is 13.2 Å². The summed E-state index contributed by atoms with van der Waals surface area (Å²) in [5.41, 5.74) is 3.38. The fourth-order valence-electron chi connectivity index (χ4n) is 3.83. The van der Waals surface area contributed by atoms with Gasteiger partial charge in [0.15, 0.2) is 0 Å². The van der Waals surface area contributed by atoms with Gasteiger partial charge >= 0.3 is 6.03 Å². The molecule has 1 atom stereocenters. The lowest BCUT2D eigenvalue weighted by Crippen LogP contribution is -2.51. The number of piperazine rings is 1. The smallest absolute Gasteiger partial charge is 0.321 e. The first-order chi connectivity index (χ1) is 16.2. The molecule has 2 N–H and O–H groups in total. The minimum atomic E-state index is -3.25. The molecule has 1 aliphatic heterocycles. The van der Waals surface area contributed by atoms with Crippen molar-refractivity contribution in [3.05, 3.63) is 67.0 Å². The Morgan fingerprint density at radius 1 is 1.09 bits per heavy atom. The van der Waals surface area contributed by atoms with Crippen LogP contribution in [0.5, 0.6) is 0 Å². The van der Waals surface area contributed by atoms with Gasteiger partial charge in [0.1, 0.15) is 12.1 Å². The largest absolute Gasteiger partial charge is 0.340 e. The normalized spacial score (nSPS) is 15.6. The van der Waals surface area contributed by atoms with Crippen LogP contribution in [0.1, 0.15) is 18.4 Å². The monoisotopic (exact) mass is 480 g/mol. The van der Waals surface area contributed by atoms with Crippen LogP contribution in [-0.4, -0.2) is 66.1 Å². The zero-order chi connectivity index (χ0) is 24.3. The number of rotatable bonds is 6. The Bertz CT molecular complexity index is 1320. The Kier molecular flexibility index (Phi) is 6.80. The second-order valence-corrected chi connectivity index (χ2v) is 10.3. The number of benzene rings is 2. The molecule has 10 heteroatoms. The number of urea groups is 1. The lowest BCUT2D eigenvalue weighted by Gasteiger charge is -2.33. The summed E-state index contributed by atoms with van der Waals surface area (Å²) in [5, 5.41) is 7.03. The molecular weight excluding hydrogens is 452 g/mol.